The van der Waals surface area contributed by atoms with Crippen LogP contribution >= 0.6 is 22.9 Å². The molecule has 0 N–H and O–H groups in total. The van der Waals surface area contributed by atoms with Crippen molar-refractivity contribution in [2.24, 2.45) is 0 Å². The third-order valence-corrected chi connectivity index (χ3v) is 4.36. The minimum atomic E-state index is 0.183. The summed E-state index contributed by atoms with van der Waals surface area (Å²) in [5, 5.41) is 7.76. The maximum Gasteiger partial charge on any atom is 0.117 e. The van der Waals surface area contributed by atoms with E-state index in [-0.39, 0.29) is 6.04 Å². The van der Waals surface area contributed by atoms with E-state index in [0.29, 0.717) is 5.88 Å². The van der Waals surface area contributed by atoms with E-state index in [1.807, 2.05) is 5.38 Å². The zero-order valence-corrected chi connectivity index (χ0v) is 12.6. The highest BCUT2D eigenvalue weighted by Crippen LogP contribution is 2.24. The lowest BCUT2D eigenvalue weighted by Gasteiger charge is -2.12. The normalized spacial score (nSPS) is 12.9. The van der Waals surface area contributed by atoms with E-state index in [1.165, 1.54) is 5.69 Å². The summed E-state index contributed by atoms with van der Waals surface area (Å²) in [5.74, 6) is 0.475. The Bertz CT molecular complexity index is 518. The minimum absolute atomic E-state index is 0.183. The van der Waals surface area contributed by atoms with Gasteiger partial charge >= 0.3 is 0 Å². The molecular formula is C13H18ClN3S. The van der Waals surface area contributed by atoms with Crippen LogP contribution in [0.5, 0.6) is 0 Å². The highest BCUT2D eigenvalue weighted by molar-refractivity contribution is 7.09. The average molecular weight is 284 g/mol. The highest BCUT2D eigenvalue weighted by Gasteiger charge is 2.16. The van der Waals surface area contributed by atoms with Crippen LogP contribution in [-0.2, 0) is 18.7 Å². The third kappa shape index (κ3) is 2.59. The standard InChI is InChI=1S/C13H18ClN3S/c1-4-10-6-12(5-2)17(16-10)9(3)13-15-11(7-14)8-18-13/h6,8-9H,4-5,7H2,1-3H3. The largest absolute Gasteiger partial charge is 0.260 e. The lowest BCUT2D eigenvalue weighted by Crippen LogP contribution is -2.11. The van der Waals surface area contributed by atoms with Crippen LogP contribution in [-0.4, -0.2) is 14.8 Å². The predicted molar refractivity (Wildman–Crippen MR) is 76.5 cm³/mol. The van der Waals surface area contributed by atoms with E-state index < -0.39 is 0 Å². The fourth-order valence-corrected chi connectivity index (χ4v) is 3.03. The number of alkyl halides is 1. The van der Waals surface area contributed by atoms with Crippen molar-refractivity contribution in [3.63, 3.8) is 0 Å². The van der Waals surface area contributed by atoms with Gasteiger partial charge in [0.2, 0.25) is 0 Å². The molecule has 2 aromatic heterocycles. The molecule has 0 aromatic carbocycles. The number of aryl methyl sites for hydroxylation is 2. The lowest BCUT2D eigenvalue weighted by molar-refractivity contribution is 0.533. The van der Waals surface area contributed by atoms with Gasteiger partial charge in [0.25, 0.3) is 0 Å². The molecule has 0 aliphatic heterocycles. The van der Waals surface area contributed by atoms with Gasteiger partial charge < -0.3 is 0 Å². The fourth-order valence-electron chi connectivity index (χ4n) is 1.94. The van der Waals surface area contributed by atoms with Crippen molar-refractivity contribution in [1.82, 2.24) is 14.8 Å². The number of rotatable bonds is 5. The summed E-state index contributed by atoms with van der Waals surface area (Å²) in [4.78, 5) is 4.54. The molecule has 0 aliphatic rings. The Balaban J connectivity index is 2.32. The maximum absolute atomic E-state index is 5.80. The Kier molecular flexibility index (Phi) is 4.40. The number of hydrogen-bond donors (Lipinski definition) is 0. The van der Waals surface area contributed by atoms with Crippen molar-refractivity contribution in [2.45, 2.75) is 45.5 Å². The molecule has 2 aromatic rings. The van der Waals surface area contributed by atoms with Gasteiger partial charge in [-0.15, -0.1) is 22.9 Å². The van der Waals surface area contributed by atoms with Gasteiger partial charge in [0, 0.05) is 11.1 Å². The molecule has 0 amide bonds. The van der Waals surface area contributed by atoms with Crippen LogP contribution in [0.2, 0.25) is 0 Å². The van der Waals surface area contributed by atoms with Crippen LogP contribution in [0.1, 0.15) is 48.9 Å². The summed E-state index contributed by atoms with van der Waals surface area (Å²) in [5.41, 5.74) is 3.36. The van der Waals surface area contributed by atoms with Gasteiger partial charge in [-0.1, -0.05) is 13.8 Å². The second-order valence-corrected chi connectivity index (χ2v) is 5.42. The van der Waals surface area contributed by atoms with Crippen LogP contribution in [0.15, 0.2) is 11.4 Å². The second-order valence-electron chi connectivity index (χ2n) is 4.27. The Morgan fingerprint density at radius 3 is 2.67 bits per heavy atom. The maximum atomic E-state index is 5.80. The zero-order chi connectivity index (χ0) is 13.1. The molecular weight excluding hydrogens is 266 g/mol. The molecule has 5 heteroatoms. The molecule has 98 valence electrons. The quantitative estimate of drug-likeness (QED) is 0.781. The monoisotopic (exact) mass is 283 g/mol. The molecule has 18 heavy (non-hydrogen) atoms. The Morgan fingerprint density at radius 1 is 1.33 bits per heavy atom. The topological polar surface area (TPSA) is 30.7 Å². The van der Waals surface area contributed by atoms with E-state index in [0.717, 1.165) is 29.2 Å². The predicted octanol–water partition coefficient (Wildman–Crippen LogP) is 3.81. The van der Waals surface area contributed by atoms with Gasteiger partial charge in [0.05, 0.1) is 17.3 Å². The van der Waals surface area contributed by atoms with E-state index in [9.17, 15) is 0 Å². The van der Waals surface area contributed by atoms with Crippen molar-refractivity contribution >= 4 is 22.9 Å². The van der Waals surface area contributed by atoms with Crippen LogP contribution in [0, 0.1) is 0 Å². The van der Waals surface area contributed by atoms with Crippen molar-refractivity contribution in [1.29, 1.82) is 0 Å². The van der Waals surface area contributed by atoms with Crippen molar-refractivity contribution in [3.8, 4) is 0 Å². The summed E-state index contributed by atoms with van der Waals surface area (Å²) in [6.07, 6.45) is 1.96. The van der Waals surface area contributed by atoms with E-state index >= 15 is 0 Å². The molecule has 2 heterocycles. The van der Waals surface area contributed by atoms with Gasteiger partial charge in [-0.25, -0.2) is 4.98 Å². The first-order valence-electron chi connectivity index (χ1n) is 6.27. The summed E-state index contributed by atoms with van der Waals surface area (Å²) >= 11 is 7.45. The molecule has 3 nitrogen and oxygen atoms in total. The number of nitrogens with zero attached hydrogens (tertiary/aromatic N) is 3. The Morgan fingerprint density at radius 2 is 2.11 bits per heavy atom. The Labute approximate surface area is 117 Å². The molecule has 2 rings (SSSR count). The van der Waals surface area contributed by atoms with Crippen LogP contribution < -0.4 is 0 Å². The zero-order valence-electron chi connectivity index (χ0n) is 11.0. The van der Waals surface area contributed by atoms with Crippen LogP contribution in [0.25, 0.3) is 0 Å². The number of thiazole rings is 1. The molecule has 0 saturated carbocycles. The first-order valence-corrected chi connectivity index (χ1v) is 7.68. The lowest BCUT2D eigenvalue weighted by atomic mass is 10.2. The van der Waals surface area contributed by atoms with Crippen molar-refractivity contribution < 1.29 is 0 Å². The fraction of sp³-hybridized carbons (Fsp3) is 0.538. The smallest absolute Gasteiger partial charge is 0.117 e. The third-order valence-electron chi connectivity index (χ3n) is 3.02. The van der Waals surface area contributed by atoms with Gasteiger partial charge in [-0.05, 0) is 25.8 Å². The summed E-state index contributed by atoms with van der Waals surface area (Å²) in [7, 11) is 0. The van der Waals surface area contributed by atoms with Crippen molar-refractivity contribution in [3.05, 3.63) is 33.5 Å². The molecule has 0 saturated heterocycles. The summed E-state index contributed by atoms with van der Waals surface area (Å²) < 4.78 is 2.09. The minimum Gasteiger partial charge on any atom is -0.260 e. The van der Waals surface area contributed by atoms with Crippen molar-refractivity contribution in [2.75, 3.05) is 0 Å². The molecule has 1 atom stereocenters. The van der Waals surface area contributed by atoms with E-state index in [2.05, 4.69) is 41.6 Å². The number of aromatic nitrogens is 3. The molecule has 0 aliphatic carbocycles. The first-order chi connectivity index (χ1) is 8.69. The molecule has 0 fully saturated rings. The molecule has 0 bridgehead atoms. The molecule has 0 radical (unpaired) electrons. The van der Waals surface area contributed by atoms with Crippen LogP contribution in [0.3, 0.4) is 0 Å². The number of halogens is 1. The first kappa shape index (κ1) is 13.6. The second kappa shape index (κ2) is 5.85. The molecule has 1 unspecified atom stereocenters. The highest BCUT2D eigenvalue weighted by atomic mass is 35.5. The number of hydrogen-bond acceptors (Lipinski definition) is 3. The van der Waals surface area contributed by atoms with Gasteiger partial charge in [-0.3, -0.25) is 4.68 Å². The SMILES string of the molecule is CCc1cc(CC)n(C(C)c2nc(CCl)cs2)n1. The molecule has 0 spiro atoms. The van der Waals surface area contributed by atoms with Gasteiger partial charge in [0.15, 0.2) is 0 Å². The summed E-state index contributed by atoms with van der Waals surface area (Å²) in [6, 6.07) is 2.37. The summed E-state index contributed by atoms with van der Waals surface area (Å²) in [6.45, 7) is 6.43. The Hall–Kier alpha value is -0.870. The van der Waals surface area contributed by atoms with Gasteiger partial charge in [-0.2, -0.15) is 5.10 Å². The van der Waals surface area contributed by atoms with E-state index in [1.54, 1.807) is 11.3 Å². The van der Waals surface area contributed by atoms with Gasteiger partial charge in [0.1, 0.15) is 11.0 Å². The van der Waals surface area contributed by atoms with Crippen LogP contribution in [0.4, 0.5) is 0 Å². The van der Waals surface area contributed by atoms with E-state index in [4.69, 9.17) is 11.6 Å². The average Bonchev–Trinajstić information content (AvgIpc) is 3.03.